The van der Waals surface area contributed by atoms with Crippen LogP contribution >= 0.6 is 11.8 Å². The molecule has 0 saturated heterocycles. The first kappa shape index (κ1) is 14.7. The highest BCUT2D eigenvalue weighted by Crippen LogP contribution is 2.37. The van der Waals surface area contributed by atoms with E-state index in [0.717, 1.165) is 28.3 Å². The van der Waals surface area contributed by atoms with Gasteiger partial charge in [-0.3, -0.25) is 4.79 Å². The fraction of sp³-hybridized carbons (Fsp3) is 0.375. The molecule has 1 N–H and O–H groups in total. The summed E-state index contributed by atoms with van der Waals surface area (Å²) in [6, 6.07) is 10.3. The molecule has 1 aromatic rings. The molecule has 1 aromatic carbocycles. The number of allylic oxidation sites excluding steroid dienone is 1. The summed E-state index contributed by atoms with van der Waals surface area (Å²) in [5.41, 5.74) is 2.89. The van der Waals surface area contributed by atoms with Crippen LogP contribution in [0.4, 0.5) is 0 Å². The van der Waals surface area contributed by atoms with Gasteiger partial charge in [-0.25, -0.2) is 0 Å². The van der Waals surface area contributed by atoms with Gasteiger partial charge in [0.15, 0.2) is 0 Å². The lowest BCUT2D eigenvalue weighted by molar-refractivity contribution is -0.120. The number of rotatable bonds is 4. The van der Waals surface area contributed by atoms with Crippen molar-refractivity contribution in [2.45, 2.75) is 32.6 Å². The monoisotopic (exact) mass is 286 g/mol. The van der Waals surface area contributed by atoms with E-state index >= 15 is 0 Å². The second kappa shape index (κ2) is 6.62. The number of thioether (sulfide) groups is 1. The van der Waals surface area contributed by atoms with E-state index in [4.69, 9.17) is 0 Å². The van der Waals surface area contributed by atoms with Gasteiger partial charge in [0.1, 0.15) is 0 Å². The number of aryl methyl sites for hydroxylation is 1. The minimum absolute atomic E-state index is 0.00384. The van der Waals surface area contributed by atoms with E-state index in [1.807, 2.05) is 31.2 Å². The van der Waals surface area contributed by atoms with E-state index in [2.05, 4.69) is 18.3 Å². The first-order chi connectivity index (χ1) is 9.67. The van der Waals surface area contributed by atoms with Gasteiger partial charge in [-0.1, -0.05) is 31.2 Å². The Morgan fingerprint density at radius 1 is 1.45 bits per heavy atom. The van der Waals surface area contributed by atoms with E-state index in [1.165, 1.54) is 0 Å². The average molecular weight is 286 g/mol. The van der Waals surface area contributed by atoms with E-state index in [-0.39, 0.29) is 11.8 Å². The lowest BCUT2D eigenvalue weighted by atomic mass is 9.85. The van der Waals surface area contributed by atoms with Gasteiger partial charge in [0.05, 0.1) is 16.7 Å². The number of hydrogen-bond donors (Lipinski definition) is 1. The molecule has 0 bridgehead atoms. The van der Waals surface area contributed by atoms with Gasteiger partial charge in [-0.2, -0.15) is 5.26 Å². The molecule has 0 fully saturated rings. The predicted octanol–water partition coefficient (Wildman–Crippen LogP) is 3.48. The van der Waals surface area contributed by atoms with Crippen molar-refractivity contribution in [3.63, 3.8) is 0 Å². The number of carbonyl (C=O) groups excluding carboxylic acids is 1. The molecule has 0 radical (unpaired) electrons. The summed E-state index contributed by atoms with van der Waals surface area (Å²) in [5.74, 6) is 0.784. The minimum Gasteiger partial charge on any atom is -0.320 e. The minimum atomic E-state index is -0.116. The summed E-state index contributed by atoms with van der Waals surface area (Å²) < 4.78 is 0. The molecule has 20 heavy (non-hydrogen) atoms. The highest BCUT2D eigenvalue weighted by Gasteiger charge is 2.30. The first-order valence-electron chi connectivity index (χ1n) is 6.79. The van der Waals surface area contributed by atoms with Crippen LogP contribution in [-0.4, -0.2) is 11.7 Å². The van der Waals surface area contributed by atoms with Crippen LogP contribution in [0.15, 0.2) is 34.9 Å². The van der Waals surface area contributed by atoms with Gasteiger partial charge >= 0.3 is 0 Å². The topological polar surface area (TPSA) is 52.9 Å². The van der Waals surface area contributed by atoms with Crippen LogP contribution in [0.5, 0.6) is 0 Å². The number of benzene rings is 1. The molecule has 4 heteroatoms. The van der Waals surface area contributed by atoms with Crippen LogP contribution in [0, 0.1) is 18.3 Å². The zero-order valence-electron chi connectivity index (χ0n) is 11.8. The van der Waals surface area contributed by atoms with Crippen molar-refractivity contribution in [2.75, 3.05) is 5.75 Å². The third-order valence-electron chi connectivity index (χ3n) is 3.37. The molecule has 3 nitrogen and oxygen atoms in total. The molecule has 2 rings (SSSR count). The SMILES string of the molecule is CCCSC1=C(C#N)[C@H](c2ccccc2C)CC(=O)N1. The molecular formula is C16H18N2OS. The Morgan fingerprint density at radius 3 is 2.85 bits per heavy atom. The predicted molar refractivity (Wildman–Crippen MR) is 82.1 cm³/mol. The van der Waals surface area contributed by atoms with Crippen molar-refractivity contribution in [1.29, 1.82) is 5.26 Å². The molecule has 104 valence electrons. The maximum absolute atomic E-state index is 11.9. The number of hydrogen-bond acceptors (Lipinski definition) is 3. The van der Waals surface area contributed by atoms with Crippen molar-refractivity contribution in [3.05, 3.63) is 46.0 Å². The molecule has 0 aliphatic carbocycles. The maximum atomic E-state index is 11.9. The highest BCUT2D eigenvalue weighted by molar-refractivity contribution is 8.03. The third kappa shape index (κ3) is 3.05. The van der Waals surface area contributed by atoms with E-state index in [0.29, 0.717) is 12.0 Å². The summed E-state index contributed by atoms with van der Waals surface area (Å²) in [5, 5.41) is 13.1. The van der Waals surface area contributed by atoms with Gasteiger partial charge in [0, 0.05) is 12.3 Å². The summed E-state index contributed by atoms with van der Waals surface area (Å²) in [6.07, 6.45) is 1.36. The van der Waals surface area contributed by atoms with Gasteiger partial charge in [0.2, 0.25) is 5.91 Å². The maximum Gasteiger partial charge on any atom is 0.225 e. The Kier molecular flexibility index (Phi) is 4.86. The van der Waals surface area contributed by atoms with Gasteiger partial charge in [-0.15, -0.1) is 11.8 Å². The number of nitriles is 1. The van der Waals surface area contributed by atoms with E-state index < -0.39 is 0 Å². The fourth-order valence-electron chi connectivity index (χ4n) is 2.38. The van der Waals surface area contributed by atoms with Gasteiger partial charge < -0.3 is 5.32 Å². The van der Waals surface area contributed by atoms with Crippen LogP contribution in [0.1, 0.15) is 36.8 Å². The van der Waals surface area contributed by atoms with Crippen molar-refractivity contribution in [3.8, 4) is 6.07 Å². The van der Waals surface area contributed by atoms with Gasteiger partial charge in [-0.05, 0) is 30.2 Å². The molecule has 0 spiro atoms. The molecule has 1 amide bonds. The summed E-state index contributed by atoms with van der Waals surface area (Å²) in [4.78, 5) is 11.9. The second-order valence-corrected chi connectivity index (χ2v) is 5.97. The van der Waals surface area contributed by atoms with Crippen LogP contribution in [0.3, 0.4) is 0 Å². The fourth-order valence-corrected chi connectivity index (χ4v) is 3.32. The number of carbonyl (C=O) groups is 1. The summed E-state index contributed by atoms with van der Waals surface area (Å²) >= 11 is 1.56. The Labute approximate surface area is 124 Å². The lowest BCUT2D eigenvalue weighted by Crippen LogP contribution is -2.31. The van der Waals surface area contributed by atoms with E-state index in [1.54, 1.807) is 11.8 Å². The summed E-state index contributed by atoms with van der Waals surface area (Å²) in [7, 11) is 0. The van der Waals surface area contributed by atoms with Crippen molar-refractivity contribution in [1.82, 2.24) is 5.32 Å². The van der Waals surface area contributed by atoms with Crippen molar-refractivity contribution < 1.29 is 4.79 Å². The molecule has 1 aliphatic rings. The van der Waals surface area contributed by atoms with Crippen molar-refractivity contribution in [2.24, 2.45) is 0 Å². The van der Waals surface area contributed by atoms with Crippen LogP contribution < -0.4 is 5.32 Å². The van der Waals surface area contributed by atoms with Crippen LogP contribution in [0.2, 0.25) is 0 Å². The van der Waals surface area contributed by atoms with E-state index in [9.17, 15) is 10.1 Å². The zero-order valence-corrected chi connectivity index (χ0v) is 12.6. The Balaban J connectivity index is 2.43. The smallest absolute Gasteiger partial charge is 0.225 e. The Hall–Kier alpha value is -1.73. The Morgan fingerprint density at radius 2 is 2.20 bits per heavy atom. The van der Waals surface area contributed by atoms with Crippen molar-refractivity contribution >= 4 is 17.7 Å². The second-order valence-electron chi connectivity index (χ2n) is 4.86. The largest absolute Gasteiger partial charge is 0.320 e. The normalized spacial score (nSPS) is 18.6. The van der Waals surface area contributed by atoms with Crippen LogP contribution in [-0.2, 0) is 4.79 Å². The molecule has 1 atom stereocenters. The highest BCUT2D eigenvalue weighted by atomic mass is 32.2. The first-order valence-corrected chi connectivity index (χ1v) is 7.78. The molecule has 1 aliphatic heterocycles. The van der Waals surface area contributed by atoms with Gasteiger partial charge in [0.25, 0.3) is 0 Å². The molecule has 1 heterocycles. The average Bonchev–Trinajstić information content (AvgIpc) is 2.45. The number of nitrogens with one attached hydrogen (secondary N) is 1. The number of nitrogens with zero attached hydrogens (tertiary/aromatic N) is 1. The standard InChI is InChI=1S/C16H18N2OS/c1-3-8-20-16-14(10-17)13(9-15(19)18-16)12-7-5-4-6-11(12)2/h4-7,13H,3,8-9H2,1-2H3,(H,18,19)/t13-/m0/s1. The molecule has 0 aromatic heterocycles. The number of amides is 1. The molecule has 0 unspecified atom stereocenters. The zero-order chi connectivity index (χ0) is 14.5. The molecule has 0 saturated carbocycles. The molecular weight excluding hydrogens is 268 g/mol. The van der Waals surface area contributed by atoms with Crippen LogP contribution in [0.25, 0.3) is 0 Å². The lowest BCUT2D eigenvalue weighted by Gasteiger charge is -2.26. The quantitative estimate of drug-likeness (QED) is 0.922. The third-order valence-corrected chi connectivity index (χ3v) is 4.59. The summed E-state index contributed by atoms with van der Waals surface area (Å²) in [6.45, 7) is 4.11. The Bertz CT molecular complexity index is 586.